The highest BCUT2D eigenvalue weighted by molar-refractivity contribution is 5.17. The molecule has 0 aliphatic heterocycles. The van der Waals surface area contributed by atoms with Crippen molar-refractivity contribution in [2.75, 3.05) is 0 Å². The molecule has 5 nitrogen and oxygen atoms in total. The molecule has 0 saturated carbocycles. The Morgan fingerprint density at radius 2 is 2.38 bits per heavy atom. The third-order valence-corrected chi connectivity index (χ3v) is 2.58. The highest BCUT2D eigenvalue weighted by Crippen LogP contribution is 2.21. The summed E-state index contributed by atoms with van der Waals surface area (Å²) in [5, 5.41) is 14.1. The predicted octanol–water partition coefficient (Wildman–Crippen LogP) is 1.48. The van der Waals surface area contributed by atoms with E-state index in [9.17, 15) is 5.11 Å². The third kappa shape index (κ3) is 1.99. The maximum atomic E-state index is 10.0. The predicted molar refractivity (Wildman–Crippen MR) is 57.8 cm³/mol. The van der Waals surface area contributed by atoms with Crippen LogP contribution in [0.25, 0.3) is 0 Å². The molecule has 0 aliphatic carbocycles. The Labute approximate surface area is 93.7 Å². The van der Waals surface area contributed by atoms with Crippen LogP contribution in [-0.2, 0) is 13.0 Å². The molecule has 5 heteroatoms. The molecule has 2 heterocycles. The van der Waals surface area contributed by atoms with Crippen molar-refractivity contribution in [2.45, 2.75) is 32.9 Å². The van der Waals surface area contributed by atoms with Crippen LogP contribution in [0.15, 0.2) is 23.1 Å². The van der Waals surface area contributed by atoms with Crippen LogP contribution in [0.4, 0.5) is 0 Å². The number of aromatic nitrogens is 3. The van der Waals surface area contributed by atoms with Crippen molar-refractivity contribution in [3.8, 4) is 0 Å². The summed E-state index contributed by atoms with van der Waals surface area (Å²) in [6, 6.07) is 1.84. The van der Waals surface area contributed by atoms with Gasteiger partial charge in [0.1, 0.15) is 24.0 Å². The quantitative estimate of drug-likeness (QED) is 0.849. The SMILES string of the molecule is CCn1ncnc1CC(O)c1occc1C. The Bertz CT molecular complexity index is 461. The fourth-order valence-electron chi connectivity index (χ4n) is 1.70. The van der Waals surface area contributed by atoms with Gasteiger partial charge in [-0.1, -0.05) is 0 Å². The van der Waals surface area contributed by atoms with E-state index in [2.05, 4.69) is 10.1 Å². The summed E-state index contributed by atoms with van der Waals surface area (Å²) in [6.07, 6.45) is 2.84. The highest BCUT2D eigenvalue weighted by Gasteiger charge is 2.17. The lowest BCUT2D eigenvalue weighted by molar-refractivity contribution is 0.145. The van der Waals surface area contributed by atoms with E-state index in [4.69, 9.17) is 4.42 Å². The minimum Gasteiger partial charge on any atom is -0.466 e. The topological polar surface area (TPSA) is 64.1 Å². The average molecular weight is 221 g/mol. The molecule has 0 amide bonds. The van der Waals surface area contributed by atoms with Gasteiger partial charge >= 0.3 is 0 Å². The molecule has 0 aliphatic rings. The van der Waals surface area contributed by atoms with Crippen LogP contribution in [0.5, 0.6) is 0 Å². The van der Waals surface area contributed by atoms with Gasteiger partial charge in [-0.05, 0) is 25.5 Å². The fourth-order valence-corrected chi connectivity index (χ4v) is 1.70. The normalized spacial score (nSPS) is 12.9. The molecule has 0 aromatic carbocycles. The summed E-state index contributed by atoms with van der Waals surface area (Å²) in [5.41, 5.74) is 0.954. The van der Waals surface area contributed by atoms with Gasteiger partial charge in [0.15, 0.2) is 0 Å². The van der Waals surface area contributed by atoms with E-state index in [1.807, 2.05) is 19.9 Å². The van der Waals surface area contributed by atoms with Crippen LogP contribution in [0.2, 0.25) is 0 Å². The number of hydrogen-bond acceptors (Lipinski definition) is 4. The van der Waals surface area contributed by atoms with Crippen molar-refractivity contribution in [3.05, 3.63) is 35.8 Å². The Balaban J connectivity index is 2.13. The van der Waals surface area contributed by atoms with Crippen LogP contribution in [-0.4, -0.2) is 19.9 Å². The zero-order valence-electron chi connectivity index (χ0n) is 9.42. The second-order valence-electron chi connectivity index (χ2n) is 3.68. The molecular weight excluding hydrogens is 206 g/mol. The first-order chi connectivity index (χ1) is 7.72. The second kappa shape index (κ2) is 4.49. The third-order valence-electron chi connectivity index (χ3n) is 2.58. The lowest BCUT2D eigenvalue weighted by Gasteiger charge is -2.09. The average Bonchev–Trinajstić information content (AvgIpc) is 2.86. The lowest BCUT2D eigenvalue weighted by atomic mass is 10.1. The minimum atomic E-state index is -0.663. The van der Waals surface area contributed by atoms with Crippen molar-refractivity contribution in [2.24, 2.45) is 0 Å². The standard InChI is InChI=1S/C11H15N3O2/c1-3-14-10(12-7-13-14)6-9(15)11-8(2)4-5-16-11/h4-5,7,9,15H,3,6H2,1-2H3. The van der Waals surface area contributed by atoms with Gasteiger partial charge < -0.3 is 9.52 Å². The van der Waals surface area contributed by atoms with Crippen LogP contribution in [0.3, 0.4) is 0 Å². The Kier molecular flexibility index (Phi) is 3.05. The number of aliphatic hydroxyl groups is 1. The Hall–Kier alpha value is -1.62. The van der Waals surface area contributed by atoms with E-state index in [-0.39, 0.29) is 0 Å². The van der Waals surface area contributed by atoms with Gasteiger partial charge in [-0.25, -0.2) is 4.98 Å². The van der Waals surface area contributed by atoms with Gasteiger partial charge in [0.25, 0.3) is 0 Å². The monoisotopic (exact) mass is 221 g/mol. The molecule has 1 atom stereocenters. The van der Waals surface area contributed by atoms with Crippen molar-refractivity contribution in [1.82, 2.24) is 14.8 Å². The van der Waals surface area contributed by atoms with Gasteiger partial charge in [0, 0.05) is 13.0 Å². The molecule has 0 radical (unpaired) electrons. The van der Waals surface area contributed by atoms with E-state index in [0.29, 0.717) is 12.2 Å². The summed E-state index contributed by atoms with van der Waals surface area (Å²) in [6.45, 7) is 4.65. The molecule has 0 fully saturated rings. The van der Waals surface area contributed by atoms with Crippen molar-refractivity contribution >= 4 is 0 Å². The molecular formula is C11H15N3O2. The summed E-state index contributed by atoms with van der Waals surface area (Å²) in [5.74, 6) is 1.37. The number of hydrogen-bond donors (Lipinski definition) is 1. The zero-order valence-corrected chi connectivity index (χ0v) is 9.42. The van der Waals surface area contributed by atoms with Gasteiger partial charge in [-0.2, -0.15) is 5.10 Å². The summed E-state index contributed by atoms with van der Waals surface area (Å²) in [4.78, 5) is 4.12. The Morgan fingerprint density at radius 1 is 1.56 bits per heavy atom. The van der Waals surface area contributed by atoms with Crippen LogP contribution in [0.1, 0.15) is 30.2 Å². The van der Waals surface area contributed by atoms with Crippen molar-refractivity contribution < 1.29 is 9.52 Å². The molecule has 2 aromatic rings. The molecule has 16 heavy (non-hydrogen) atoms. The second-order valence-corrected chi connectivity index (χ2v) is 3.68. The van der Waals surface area contributed by atoms with E-state index >= 15 is 0 Å². The van der Waals surface area contributed by atoms with Crippen molar-refractivity contribution in [1.29, 1.82) is 0 Å². The van der Waals surface area contributed by atoms with E-state index in [1.165, 1.54) is 6.33 Å². The fraction of sp³-hybridized carbons (Fsp3) is 0.455. The maximum Gasteiger partial charge on any atom is 0.138 e. The number of furan rings is 1. The van der Waals surface area contributed by atoms with Crippen LogP contribution in [0, 0.1) is 6.92 Å². The highest BCUT2D eigenvalue weighted by atomic mass is 16.4. The zero-order chi connectivity index (χ0) is 11.5. The first-order valence-electron chi connectivity index (χ1n) is 5.31. The van der Waals surface area contributed by atoms with E-state index < -0.39 is 6.10 Å². The van der Waals surface area contributed by atoms with Gasteiger partial charge in [-0.15, -0.1) is 0 Å². The number of aryl methyl sites for hydroxylation is 2. The molecule has 86 valence electrons. The van der Waals surface area contributed by atoms with Crippen LogP contribution < -0.4 is 0 Å². The molecule has 0 spiro atoms. The lowest BCUT2D eigenvalue weighted by Crippen LogP contribution is -2.09. The largest absolute Gasteiger partial charge is 0.466 e. The smallest absolute Gasteiger partial charge is 0.138 e. The number of nitrogens with zero attached hydrogens (tertiary/aromatic N) is 3. The molecule has 1 N–H and O–H groups in total. The summed E-state index contributed by atoms with van der Waals surface area (Å²) < 4.78 is 7.01. The molecule has 2 rings (SSSR count). The molecule has 0 bridgehead atoms. The van der Waals surface area contributed by atoms with Gasteiger partial charge in [0.05, 0.1) is 6.26 Å². The minimum absolute atomic E-state index is 0.419. The van der Waals surface area contributed by atoms with E-state index in [0.717, 1.165) is 17.9 Å². The first kappa shape index (κ1) is 10.9. The maximum absolute atomic E-state index is 10.0. The summed E-state index contributed by atoms with van der Waals surface area (Å²) in [7, 11) is 0. The molecule has 2 aromatic heterocycles. The molecule has 1 unspecified atom stereocenters. The first-order valence-corrected chi connectivity index (χ1v) is 5.31. The van der Waals surface area contributed by atoms with E-state index in [1.54, 1.807) is 10.9 Å². The van der Waals surface area contributed by atoms with Gasteiger partial charge in [-0.3, -0.25) is 4.68 Å². The van der Waals surface area contributed by atoms with Crippen molar-refractivity contribution in [3.63, 3.8) is 0 Å². The van der Waals surface area contributed by atoms with Crippen LogP contribution >= 0.6 is 0 Å². The summed E-state index contributed by atoms with van der Waals surface area (Å²) >= 11 is 0. The van der Waals surface area contributed by atoms with Gasteiger partial charge in [0.2, 0.25) is 0 Å². The number of aliphatic hydroxyl groups excluding tert-OH is 1. The molecule has 0 saturated heterocycles. The Morgan fingerprint density at radius 3 is 3.00 bits per heavy atom. The number of rotatable bonds is 4.